The van der Waals surface area contributed by atoms with Gasteiger partial charge in [-0.25, -0.2) is 4.79 Å². The van der Waals surface area contributed by atoms with Gasteiger partial charge in [0.2, 0.25) is 5.78 Å². The Balaban J connectivity index is 2.17. The minimum atomic E-state index is -1.11. The Bertz CT molecular complexity index is 548. The number of carboxylic acids is 1. The molecule has 1 N–H and O–H groups in total. The maximum absolute atomic E-state index is 12.2. The Labute approximate surface area is 110 Å². The van der Waals surface area contributed by atoms with Gasteiger partial charge in [0.25, 0.3) is 0 Å². The van der Waals surface area contributed by atoms with Gasteiger partial charge in [-0.1, -0.05) is 18.2 Å². The Morgan fingerprint density at radius 1 is 1.47 bits per heavy atom. The minimum absolute atomic E-state index is 0.0491. The molecule has 1 heterocycles. The van der Waals surface area contributed by atoms with Gasteiger partial charge in [-0.05, 0) is 25.1 Å². The van der Waals surface area contributed by atoms with Crippen molar-refractivity contribution in [2.75, 3.05) is 0 Å². The molecule has 1 aliphatic carbocycles. The van der Waals surface area contributed by atoms with Crippen molar-refractivity contribution in [3.05, 3.63) is 54.1 Å². The van der Waals surface area contributed by atoms with Crippen LogP contribution in [0.3, 0.4) is 0 Å². The van der Waals surface area contributed by atoms with E-state index in [9.17, 15) is 9.59 Å². The number of nitrogens with zero attached hydrogens (tertiary/aromatic N) is 1. The van der Waals surface area contributed by atoms with Gasteiger partial charge in [0, 0.05) is 6.20 Å². The second-order valence-electron chi connectivity index (χ2n) is 4.11. The molecular weight excluding hydrogens is 246 g/mol. The van der Waals surface area contributed by atoms with Crippen LogP contribution in [0.2, 0.25) is 0 Å². The zero-order valence-corrected chi connectivity index (χ0v) is 10.3. The molecule has 0 saturated carbocycles. The summed E-state index contributed by atoms with van der Waals surface area (Å²) in [4.78, 5) is 27.1. The molecule has 2 atom stereocenters. The molecule has 0 radical (unpaired) electrons. The van der Waals surface area contributed by atoms with Crippen molar-refractivity contribution in [2.24, 2.45) is 0 Å². The van der Waals surface area contributed by atoms with Gasteiger partial charge in [-0.3, -0.25) is 9.78 Å². The highest BCUT2D eigenvalue weighted by Crippen LogP contribution is 2.24. The highest BCUT2D eigenvalue weighted by atomic mass is 16.5. The van der Waals surface area contributed by atoms with Crippen LogP contribution in [0, 0.1) is 0 Å². The van der Waals surface area contributed by atoms with E-state index in [1.54, 1.807) is 36.5 Å². The number of hydrogen-bond acceptors (Lipinski definition) is 4. The lowest BCUT2D eigenvalue weighted by Crippen LogP contribution is -2.25. The van der Waals surface area contributed by atoms with E-state index in [1.807, 2.05) is 0 Å². The summed E-state index contributed by atoms with van der Waals surface area (Å²) in [7, 11) is 0. The highest BCUT2D eigenvalue weighted by Gasteiger charge is 2.28. The number of aliphatic carboxylic acids is 1. The normalized spacial score (nSPS) is 19.7. The summed E-state index contributed by atoms with van der Waals surface area (Å²) in [5.74, 6) is -1.87. The van der Waals surface area contributed by atoms with Crippen LogP contribution < -0.4 is 0 Å². The molecule has 2 rings (SSSR count). The maximum Gasteiger partial charge on any atom is 0.344 e. The number of pyridine rings is 1. The van der Waals surface area contributed by atoms with E-state index in [-0.39, 0.29) is 11.5 Å². The standard InChI is InChI=1S/C14H13NO4/c1-9(14(17)18)19-12-7-4-5-10(13(12)16)11-6-2-3-8-15-11/h2-10H,1H3,(H,17,18). The molecule has 2 unspecified atom stereocenters. The summed E-state index contributed by atoms with van der Waals surface area (Å²) in [6.07, 6.45) is 5.40. The molecule has 19 heavy (non-hydrogen) atoms. The molecule has 0 bridgehead atoms. The largest absolute Gasteiger partial charge is 0.479 e. The second-order valence-corrected chi connectivity index (χ2v) is 4.11. The Morgan fingerprint density at radius 2 is 2.26 bits per heavy atom. The number of rotatable bonds is 4. The highest BCUT2D eigenvalue weighted by molar-refractivity contribution is 6.01. The molecule has 5 nitrogen and oxygen atoms in total. The van der Waals surface area contributed by atoms with Crippen LogP contribution in [0.1, 0.15) is 18.5 Å². The summed E-state index contributed by atoms with van der Waals surface area (Å²) in [5.41, 5.74) is 0.612. The molecule has 0 amide bonds. The molecule has 1 aromatic rings. The molecule has 1 aromatic heterocycles. The van der Waals surface area contributed by atoms with E-state index >= 15 is 0 Å². The van der Waals surface area contributed by atoms with Crippen LogP contribution >= 0.6 is 0 Å². The zero-order chi connectivity index (χ0) is 13.8. The lowest BCUT2D eigenvalue weighted by atomic mass is 9.94. The Hall–Kier alpha value is -2.43. The van der Waals surface area contributed by atoms with Crippen molar-refractivity contribution in [3.8, 4) is 0 Å². The summed E-state index contributed by atoms with van der Waals surface area (Å²) < 4.78 is 5.15. The summed E-state index contributed by atoms with van der Waals surface area (Å²) in [5, 5.41) is 8.79. The van der Waals surface area contributed by atoms with Crippen LogP contribution in [-0.2, 0) is 14.3 Å². The summed E-state index contributed by atoms with van der Waals surface area (Å²) in [6, 6.07) is 5.30. The van der Waals surface area contributed by atoms with Crippen LogP contribution in [0.25, 0.3) is 0 Å². The number of hydrogen-bond donors (Lipinski definition) is 1. The number of ketones is 1. The van der Waals surface area contributed by atoms with E-state index < -0.39 is 18.0 Å². The monoisotopic (exact) mass is 259 g/mol. The molecule has 0 saturated heterocycles. The fraction of sp³-hybridized carbons (Fsp3) is 0.214. The molecule has 1 aliphatic rings. The van der Waals surface area contributed by atoms with Crippen molar-refractivity contribution in [1.29, 1.82) is 0 Å². The third-order valence-electron chi connectivity index (χ3n) is 2.73. The molecule has 0 aromatic carbocycles. The molecule has 98 valence electrons. The van der Waals surface area contributed by atoms with Crippen LogP contribution in [0.4, 0.5) is 0 Å². The maximum atomic E-state index is 12.2. The van der Waals surface area contributed by atoms with Gasteiger partial charge < -0.3 is 9.84 Å². The Kier molecular flexibility index (Phi) is 3.75. The number of ether oxygens (including phenoxy) is 1. The molecule has 0 spiro atoms. The second kappa shape index (κ2) is 5.48. The smallest absolute Gasteiger partial charge is 0.344 e. The first-order valence-corrected chi connectivity index (χ1v) is 5.82. The fourth-order valence-electron chi connectivity index (χ4n) is 1.71. The van der Waals surface area contributed by atoms with Crippen LogP contribution in [0.15, 0.2) is 48.4 Å². The number of carbonyl (C=O) groups is 2. The first-order chi connectivity index (χ1) is 9.09. The Morgan fingerprint density at radius 3 is 2.89 bits per heavy atom. The number of carboxylic acid groups (broad SMARTS) is 1. The number of Topliss-reactive ketones (excluding diaryl/α,β-unsaturated/α-hetero) is 1. The summed E-state index contributed by atoms with van der Waals surface area (Å²) >= 11 is 0. The predicted molar refractivity (Wildman–Crippen MR) is 67.4 cm³/mol. The average Bonchev–Trinajstić information content (AvgIpc) is 2.42. The van der Waals surface area contributed by atoms with E-state index in [1.165, 1.54) is 13.0 Å². The van der Waals surface area contributed by atoms with Crippen molar-refractivity contribution in [1.82, 2.24) is 4.98 Å². The first kappa shape index (κ1) is 13.0. The third-order valence-corrected chi connectivity index (χ3v) is 2.73. The van der Waals surface area contributed by atoms with E-state index in [0.29, 0.717) is 5.69 Å². The third kappa shape index (κ3) is 2.88. The van der Waals surface area contributed by atoms with Crippen LogP contribution in [0.5, 0.6) is 0 Å². The fourth-order valence-corrected chi connectivity index (χ4v) is 1.71. The quantitative estimate of drug-likeness (QED) is 0.890. The van der Waals surface area contributed by atoms with Gasteiger partial charge in [-0.15, -0.1) is 0 Å². The lowest BCUT2D eigenvalue weighted by molar-refractivity contribution is -0.147. The number of aromatic nitrogens is 1. The number of allylic oxidation sites excluding steroid dienone is 4. The first-order valence-electron chi connectivity index (χ1n) is 5.82. The van der Waals surface area contributed by atoms with Gasteiger partial charge in [0.15, 0.2) is 11.9 Å². The van der Waals surface area contributed by atoms with E-state index in [2.05, 4.69) is 4.98 Å². The van der Waals surface area contributed by atoms with Crippen molar-refractivity contribution in [3.63, 3.8) is 0 Å². The van der Waals surface area contributed by atoms with Gasteiger partial charge in [0.05, 0.1) is 11.6 Å². The SMILES string of the molecule is CC(OC1=CC=CC(c2ccccn2)C1=O)C(=O)O. The molecule has 0 fully saturated rings. The molecular formula is C14H13NO4. The van der Waals surface area contributed by atoms with E-state index in [0.717, 1.165) is 0 Å². The average molecular weight is 259 g/mol. The van der Waals surface area contributed by atoms with Gasteiger partial charge in [0.1, 0.15) is 0 Å². The lowest BCUT2D eigenvalue weighted by Gasteiger charge is -2.19. The van der Waals surface area contributed by atoms with Crippen molar-refractivity contribution >= 4 is 11.8 Å². The van der Waals surface area contributed by atoms with E-state index in [4.69, 9.17) is 9.84 Å². The zero-order valence-electron chi connectivity index (χ0n) is 10.3. The van der Waals surface area contributed by atoms with Crippen molar-refractivity contribution in [2.45, 2.75) is 18.9 Å². The molecule has 5 heteroatoms. The van der Waals surface area contributed by atoms with Gasteiger partial charge in [-0.2, -0.15) is 0 Å². The van der Waals surface area contributed by atoms with Crippen LogP contribution in [-0.4, -0.2) is 27.9 Å². The minimum Gasteiger partial charge on any atom is -0.479 e. The van der Waals surface area contributed by atoms with Gasteiger partial charge >= 0.3 is 5.97 Å². The predicted octanol–water partition coefficient (Wildman–Crippen LogP) is 1.68. The van der Waals surface area contributed by atoms with Crippen molar-refractivity contribution < 1.29 is 19.4 Å². The summed E-state index contributed by atoms with van der Waals surface area (Å²) in [6.45, 7) is 1.38. The topological polar surface area (TPSA) is 76.5 Å². The number of carbonyl (C=O) groups excluding carboxylic acids is 1. The molecule has 0 aliphatic heterocycles.